The molecule has 142 valence electrons. The highest BCUT2D eigenvalue weighted by Crippen LogP contribution is 2.21. The Morgan fingerprint density at radius 3 is 2.35 bits per heavy atom. The number of ether oxygens (including phenoxy) is 1. The number of hydrogen-bond donors (Lipinski definition) is 0. The summed E-state index contributed by atoms with van der Waals surface area (Å²) < 4.78 is 5.33. The Morgan fingerprint density at radius 2 is 1.62 bits per heavy atom. The van der Waals surface area contributed by atoms with Crippen molar-refractivity contribution in [1.29, 1.82) is 0 Å². The summed E-state index contributed by atoms with van der Waals surface area (Å²) in [6, 6.07) is 7.23. The van der Waals surface area contributed by atoms with Gasteiger partial charge in [0.1, 0.15) is 5.75 Å². The van der Waals surface area contributed by atoms with Gasteiger partial charge in [0.05, 0.1) is 18.7 Å². The predicted molar refractivity (Wildman–Crippen MR) is 100 cm³/mol. The maximum atomic E-state index is 12.9. The lowest BCUT2D eigenvalue weighted by Gasteiger charge is -2.30. The molecule has 2 heterocycles. The zero-order valence-corrected chi connectivity index (χ0v) is 15.8. The molecule has 2 fully saturated rings. The summed E-state index contributed by atoms with van der Waals surface area (Å²) in [6.45, 7) is 6.67. The van der Waals surface area contributed by atoms with Gasteiger partial charge >= 0.3 is 0 Å². The Kier molecular flexibility index (Phi) is 6.14. The van der Waals surface area contributed by atoms with Gasteiger partial charge in [0, 0.05) is 39.3 Å². The first-order chi connectivity index (χ1) is 12.6. The third kappa shape index (κ3) is 4.01. The fourth-order valence-corrected chi connectivity index (χ4v) is 3.88. The quantitative estimate of drug-likeness (QED) is 0.823. The normalized spacial score (nSPS) is 19.9. The average molecular weight is 359 g/mol. The van der Waals surface area contributed by atoms with Gasteiger partial charge in [-0.3, -0.25) is 14.5 Å². The molecule has 6 heteroatoms. The van der Waals surface area contributed by atoms with Crippen LogP contribution in [-0.2, 0) is 4.79 Å². The molecule has 0 N–H and O–H groups in total. The SMILES string of the molecule is COc1ccccc1C(=O)N1CCCN(C(C)C(=O)N2CCCC2)CC1. The highest BCUT2D eigenvalue weighted by atomic mass is 16.5. The molecule has 1 aromatic rings. The minimum atomic E-state index is -0.116. The Morgan fingerprint density at radius 1 is 0.923 bits per heavy atom. The van der Waals surface area contributed by atoms with Crippen molar-refractivity contribution in [2.75, 3.05) is 46.4 Å². The van der Waals surface area contributed by atoms with E-state index < -0.39 is 0 Å². The van der Waals surface area contributed by atoms with Gasteiger partial charge in [0.25, 0.3) is 5.91 Å². The first-order valence-electron chi connectivity index (χ1n) is 9.57. The van der Waals surface area contributed by atoms with Crippen LogP contribution in [-0.4, -0.2) is 78.9 Å². The molecular weight excluding hydrogens is 330 g/mol. The predicted octanol–water partition coefficient (Wildman–Crippen LogP) is 1.85. The van der Waals surface area contributed by atoms with Gasteiger partial charge in [-0.2, -0.15) is 0 Å². The molecule has 0 spiro atoms. The van der Waals surface area contributed by atoms with Crippen LogP contribution < -0.4 is 4.74 Å². The fraction of sp³-hybridized carbons (Fsp3) is 0.600. The summed E-state index contributed by atoms with van der Waals surface area (Å²) in [5.41, 5.74) is 0.602. The van der Waals surface area contributed by atoms with Gasteiger partial charge in [-0.15, -0.1) is 0 Å². The van der Waals surface area contributed by atoms with E-state index in [2.05, 4.69) is 4.90 Å². The van der Waals surface area contributed by atoms with E-state index in [1.807, 2.05) is 41.0 Å². The molecule has 6 nitrogen and oxygen atoms in total. The van der Waals surface area contributed by atoms with Gasteiger partial charge in [-0.25, -0.2) is 0 Å². The molecule has 2 amide bonds. The molecule has 0 radical (unpaired) electrons. The minimum Gasteiger partial charge on any atom is -0.496 e. The van der Waals surface area contributed by atoms with E-state index in [1.54, 1.807) is 7.11 Å². The number of para-hydroxylation sites is 1. The highest BCUT2D eigenvalue weighted by molar-refractivity contribution is 5.97. The molecule has 1 atom stereocenters. The van der Waals surface area contributed by atoms with Gasteiger partial charge in [0.15, 0.2) is 0 Å². The Labute approximate surface area is 155 Å². The molecule has 0 bridgehead atoms. The summed E-state index contributed by atoms with van der Waals surface area (Å²) in [4.78, 5) is 31.6. The third-order valence-corrected chi connectivity index (χ3v) is 5.48. The number of rotatable bonds is 4. The van der Waals surface area contributed by atoms with Gasteiger partial charge in [-0.1, -0.05) is 12.1 Å². The summed E-state index contributed by atoms with van der Waals surface area (Å²) in [7, 11) is 1.59. The molecule has 26 heavy (non-hydrogen) atoms. The average Bonchev–Trinajstić information content (AvgIpc) is 3.11. The number of nitrogens with zero attached hydrogens (tertiary/aromatic N) is 3. The number of hydrogen-bond acceptors (Lipinski definition) is 4. The van der Waals surface area contributed by atoms with Crippen molar-refractivity contribution in [3.8, 4) is 5.75 Å². The molecule has 0 saturated carbocycles. The second-order valence-electron chi connectivity index (χ2n) is 7.09. The van der Waals surface area contributed by atoms with Crippen LogP contribution in [0.15, 0.2) is 24.3 Å². The topological polar surface area (TPSA) is 53.1 Å². The first-order valence-corrected chi connectivity index (χ1v) is 9.57. The lowest BCUT2D eigenvalue weighted by atomic mass is 10.1. The molecular formula is C20H29N3O3. The van der Waals surface area contributed by atoms with E-state index in [1.165, 1.54) is 0 Å². The first kappa shape index (κ1) is 18.7. The second kappa shape index (κ2) is 8.54. The fourth-order valence-electron chi connectivity index (χ4n) is 3.88. The summed E-state index contributed by atoms with van der Waals surface area (Å²) in [6.07, 6.45) is 3.10. The third-order valence-electron chi connectivity index (χ3n) is 5.48. The van der Waals surface area contributed by atoms with Crippen LogP contribution in [0.25, 0.3) is 0 Å². The summed E-state index contributed by atoms with van der Waals surface area (Å²) in [5.74, 6) is 0.839. The largest absolute Gasteiger partial charge is 0.496 e. The smallest absolute Gasteiger partial charge is 0.257 e. The monoisotopic (exact) mass is 359 g/mol. The van der Waals surface area contributed by atoms with Crippen LogP contribution in [0.3, 0.4) is 0 Å². The van der Waals surface area contributed by atoms with Crippen molar-refractivity contribution in [3.63, 3.8) is 0 Å². The van der Waals surface area contributed by atoms with Crippen molar-refractivity contribution in [3.05, 3.63) is 29.8 Å². The van der Waals surface area contributed by atoms with Crippen molar-refractivity contribution in [2.45, 2.75) is 32.2 Å². The van der Waals surface area contributed by atoms with Gasteiger partial charge < -0.3 is 14.5 Å². The number of carbonyl (C=O) groups excluding carboxylic acids is 2. The van der Waals surface area contributed by atoms with Crippen LogP contribution in [0.1, 0.15) is 36.5 Å². The molecule has 1 aromatic carbocycles. The zero-order valence-electron chi connectivity index (χ0n) is 15.8. The number of benzene rings is 1. The van der Waals surface area contributed by atoms with Crippen molar-refractivity contribution in [1.82, 2.24) is 14.7 Å². The Hall–Kier alpha value is -2.08. The molecule has 2 aliphatic heterocycles. The Bertz CT molecular complexity index is 643. The van der Waals surface area contributed by atoms with Crippen LogP contribution in [0.2, 0.25) is 0 Å². The zero-order chi connectivity index (χ0) is 18.5. The van der Waals surface area contributed by atoms with Crippen LogP contribution in [0, 0.1) is 0 Å². The van der Waals surface area contributed by atoms with Crippen LogP contribution >= 0.6 is 0 Å². The molecule has 1 unspecified atom stereocenters. The standard InChI is InChI=1S/C20H29N3O3/c1-16(19(24)22-10-5-6-11-22)21-12-7-13-23(15-14-21)20(25)17-8-3-4-9-18(17)26-2/h3-4,8-9,16H,5-7,10-15H2,1-2H3. The molecule has 2 aliphatic rings. The maximum Gasteiger partial charge on any atom is 0.257 e. The van der Waals surface area contributed by atoms with Crippen LogP contribution in [0.4, 0.5) is 0 Å². The van der Waals surface area contributed by atoms with E-state index in [4.69, 9.17) is 4.74 Å². The van der Waals surface area contributed by atoms with Gasteiger partial charge in [0.2, 0.25) is 5.91 Å². The maximum absolute atomic E-state index is 12.9. The highest BCUT2D eigenvalue weighted by Gasteiger charge is 2.30. The van der Waals surface area contributed by atoms with E-state index in [9.17, 15) is 9.59 Å². The van der Waals surface area contributed by atoms with Gasteiger partial charge in [-0.05, 0) is 38.3 Å². The summed E-state index contributed by atoms with van der Waals surface area (Å²) in [5, 5.41) is 0. The molecule has 2 saturated heterocycles. The lowest BCUT2D eigenvalue weighted by Crippen LogP contribution is -2.47. The number of amides is 2. The van der Waals surface area contributed by atoms with E-state index in [0.717, 1.165) is 45.4 Å². The van der Waals surface area contributed by atoms with E-state index in [0.29, 0.717) is 24.4 Å². The number of likely N-dealkylation sites (tertiary alicyclic amines) is 1. The molecule has 0 aromatic heterocycles. The molecule has 0 aliphatic carbocycles. The minimum absolute atomic E-state index is 0.00261. The number of carbonyl (C=O) groups is 2. The van der Waals surface area contributed by atoms with E-state index in [-0.39, 0.29) is 17.9 Å². The second-order valence-corrected chi connectivity index (χ2v) is 7.09. The van der Waals surface area contributed by atoms with Crippen molar-refractivity contribution in [2.24, 2.45) is 0 Å². The summed E-state index contributed by atoms with van der Waals surface area (Å²) >= 11 is 0. The van der Waals surface area contributed by atoms with Crippen molar-refractivity contribution >= 4 is 11.8 Å². The Balaban J connectivity index is 1.62. The lowest BCUT2D eigenvalue weighted by molar-refractivity contribution is -0.135. The molecule has 3 rings (SSSR count). The number of methoxy groups -OCH3 is 1. The van der Waals surface area contributed by atoms with E-state index >= 15 is 0 Å². The van der Waals surface area contributed by atoms with Crippen molar-refractivity contribution < 1.29 is 14.3 Å². The van der Waals surface area contributed by atoms with Crippen LogP contribution in [0.5, 0.6) is 5.75 Å².